The minimum Gasteiger partial charge on any atom is -0.396 e. The molecule has 9 N–H and O–H groups in total. The van der Waals surface area contributed by atoms with E-state index in [2.05, 4.69) is 32.6 Å². The van der Waals surface area contributed by atoms with Crippen LogP contribution in [-0.4, -0.2) is 84.8 Å². The van der Waals surface area contributed by atoms with Gasteiger partial charge in [0.15, 0.2) is 0 Å². The van der Waals surface area contributed by atoms with Crippen LogP contribution in [0.5, 0.6) is 0 Å². The van der Waals surface area contributed by atoms with Gasteiger partial charge in [-0.2, -0.15) is 0 Å². The molecular formula is C44H93FN4O4. The Morgan fingerprint density at radius 1 is 0.755 bits per heavy atom. The van der Waals surface area contributed by atoms with Gasteiger partial charge in [0, 0.05) is 39.3 Å². The first-order chi connectivity index (χ1) is 25.6. The number of nitrogens with two attached hydrogens (primary N) is 3. The zero-order valence-electron chi connectivity index (χ0n) is 36.0. The van der Waals surface area contributed by atoms with Crippen LogP contribution >= 0.6 is 0 Å². The highest BCUT2D eigenvalue weighted by molar-refractivity contribution is 5.76. The Kier molecular flexibility index (Phi) is 37.7. The summed E-state index contributed by atoms with van der Waals surface area (Å²) in [6.45, 7) is 17.7. The number of rotatable bonds is 21. The molecule has 0 saturated heterocycles. The molecule has 0 spiro atoms. The van der Waals surface area contributed by atoms with E-state index < -0.39 is 6.17 Å². The van der Waals surface area contributed by atoms with E-state index in [0.717, 1.165) is 81.2 Å². The van der Waals surface area contributed by atoms with Gasteiger partial charge in [-0.3, -0.25) is 4.79 Å². The number of hydrogen-bond donors (Lipinski definition) is 6. The van der Waals surface area contributed by atoms with Crippen LogP contribution in [0, 0.1) is 35.0 Å². The van der Waals surface area contributed by atoms with E-state index in [-0.39, 0.29) is 25.7 Å². The summed E-state index contributed by atoms with van der Waals surface area (Å²) in [7, 11) is 0. The summed E-state index contributed by atoms with van der Waals surface area (Å²) in [5.74, 6) is 4.41. The highest BCUT2D eigenvalue weighted by Crippen LogP contribution is 2.61. The van der Waals surface area contributed by atoms with Gasteiger partial charge in [-0.1, -0.05) is 86.5 Å². The van der Waals surface area contributed by atoms with Gasteiger partial charge in [-0.05, 0) is 145 Å². The van der Waals surface area contributed by atoms with Crippen molar-refractivity contribution in [3.63, 3.8) is 0 Å². The van der Waals surface area contributed by atoms with E-state index in [1.54, 1.807) is 0 Å². The van der Waals surface area contributed by atoms with Crippen molar-refractivity contribution in [1.29, 1.82) is 0 Å². The summed E-state index contributed by atoms with van der Waals surface area (Å²) in [5, 5.41) is 24.0. The fourth-order valence-corrected chi connectivity index (χ4v) is 9.00. The Balaban J connectivity index is 0. The van der Waals surface area contributed by atoms with Crippen molar-refractivity contribution in [3.05, 3.63) is 0 Å². The molecule has 53 heavy (non-hydrogen) atoms. The maximum Gasteiger partial charge on any atom is 0.222 e. The number of alkyl halides is 1. The molecule has 320 valence electrons. The van der Waals surface area contributed by atoms with Crippen molar-refractivity contribution in [2.75, 3.05) is 52.5 Å². The fourth-order valence-electron chi connectivity index (χ4n) is 9.00. The number of amides is 1. The molecule has 7 atom stereocenters. The van der Waals surface area contributed by atoms with Gasteiger partial charge in [0.2, 0.25) is 5.91 Å². The third-order valence-electron chi connectivity index (χ3n) is 12.1. The van der Waals surface area contributed by atoms with E-state index in [1.807, 2.05) is 13.8 Å². The van der Waals surface area contributed by atoms with Gasteiger partial charge in [-0.15, -0.1) is 0 Å². The fraction of sp³-hybridized carbons (Fsp3) is 0.977. The number of aliphatic hydroxyl groups is 3. The average Bonchev–Trinajstić information content (AvgIpc) is 3.16. The van der Waals surface area contributed by atoms with Crippen molar-refractivity contribution in [3.8, 4) is 0 Å². The average molecular weight is 761 g/mol. The van der Waals surface area contributed by atoms with Crippen molar-refractivity contribution >= 4 is 5.91 Å². The van der Waals surface area contributed by atoms with E-state index in [1.165, 1.54) is 77.0 Å². The maximum absolute atomic E-state index is 15.1. The zero-order chi connectivity index (χ0) is 40.3. The van der Waals surface area contributed by atoms with E-state index in [0.29, 0.717) is 50.7 Å². The number of fused-ring (bicyclic) bond motifs is 3. The summed E-state index contributed by atoms with van der Waals surface area (Å²) in [5.41, 5.74) is 15.5. The summed E-state index contributed by atoms with van der Waals surface area (Å²) in [6.07, 6.45) is 23.3. The minimum atomic E-state index is -0.736. The van der Waals surface area contributed by atoms with Crippen LogP contribution < -0.4 is 17.2 Å². The molecule has 3 aliphatic carbocycles. The van der Waals surface area contributed by atoms with E-state index in [4.69, 9.17) is 32.5 Å². The predicted octanol–water partition coefficient (Wildman–Crippen LogP) is 8.76. The molecule has 0 bridgehead atoms. The molecule has 0 aliphatic heterocycles. The predicted molar refractivity (Wildman–Crippen MR) is 225 cm³/mol. The van der Waals surface area contributed by atoms with Gasteiger partial charge in [-0.25, -0.2) is 4.39 Å². The molecule has 9 heteroatoms. The molecule has 0 aromatic rings. The van der Waals surface area contributed by atoms with Gasteiger partial charge < -0.3 is 37.4 Å². The van der Waals surface area contributed by atoms with Crippen LogP contribution in [0.1, 0.15) is 183 Å². The zero-order valence-corrected chi connectivity index (χ0v) is 36.0. The van der Waals surface area contributed by atoms with Crippen LogP contribution in [0.25, 0.3) is 0 Å². The third-order valence-corrected chi connectivity index (χ3v) is 12.1. The molecule has 3 aliphatic rings. The lowest BCUT2D eigenvalue weighted by Gasteiger charge is -2.58. The molecule has 0 aromatic heterocycles. The lowest BCUT2D eigenvalue weighted by Crippen LogP contribution is -2.50. The Morgan fingerprint density at radius 2 is 1.30 bits per heavy atom. The van der Waals surface area contributed by atoms with Gasteiger partial charge in [0.05, 0.1) is 0 Å². The van der Waals surface area contributed by atoms with Gasteiger partial charge in [0.1, 0.15) is 6.17 Å². The van der Waals surface area contributed by atoms with Crippen LogP contribution in [0.4, 0.5) is 4.39 Å². The lowest BCUT2D eigenvalue weighted by molar-refractivity contribution is -0.131. The number of carbonyl (C=O) groups is 1. The maximum atomic E-state index is 15.1. The van der Waals surface area contributed by atoms with Crippen LogP contribution in [0.15, 0.2) is 0 Å². The topological polar surface area (TPSA) is 159 Å². The first kappa shape index (κ1) is 54.3. The van der Waals surface area contributed by atoms with Crippen LogP contribution in [-0.2, 0) is 4.79 Å². The number of hydrogen-bond acceptors (Lipinski definition) is 7. The van der Waals surface area contributed by atoms with E-state index >= 15 is 4.39 Å². The highest BCUT2D eigenvalue weighted by atomic mass is 19.1. The van der Waals surface area contributed by atoms with Crippen molar-refractivity contribution in [1.82, 2.24) is 4.90 Å². The number of halogens is 1. The lowest BCUT2D eigenvalue weighted by atomic mass is 9.47. The molecule has 4 unspecified atom stereocenters. The molecule has 8 nitrogen and oxygen atoms in total. The third kappa shape index (κ3) is 23.7. The molecule has 0 radical (unpaired) electrons. The Morgan fingerprint density at radius 3 is 1.77 bits per heavy atom. The first-order valence-corrected chi connectivity index (χ1v) is 22.5. The Bertz CT molecular complexity index is 766. The monoisotopic (exact) mass is 761 g/mol. The van der Waals surface area contributed by atoms with Crippen molar-refractivity contribution < 1.29 is 24.5 Å². The molecule has 3 rings (SSSR count). The molecule has 0 heterocycles. The van der Waals surface area contributed by atoms with Gasteiger partial charge >= 0.3 is 0 Å². The van der Waals surface area contributed by atoms with Gasteiger partial charge in [0.25, 0.3) is 0 Å². The molecule has 3 saturated carbocycles. The van der Waals surface area contributed by atoms with Crippen molar-refractivity contribution in [2.24, 2.45) is 52.2 Å². The second-order valence-corrected chi connectivity index (χ2v) is 16.0. The summed E-state index contributed by atoms with van der Waals surface area (Å²) in [6, 6.07) is 0. The summed E-state index contributed by atoms with van der Waals surface area (Å²) in [4.78, 5) is 14.9. The smallest absolute Gasteiger partial charge is 0.222 e. The second-order valence-electron chi connectivity index (χ2n) is 16.0. The van der Waals surface area contributed by atoms with Crippen molar-refractivity contribution in [2.45, 2.75) is 189 Å². The van der Waals surface area contributed by atoms with Crippen LogP contribution in [0.3, 0.4) is 0 Å². The standard InChI is InChI=1S/C33H60FNO.3C3H9NO.C2H6/c1-5-7-11-24-35(25-12-8-6-2)32(36)16-13-15-28(34)19-21-29-26(3)17-22-31-30(29)20-18-27-14-9-10-23-33(27,31)4;3*4-2-1-3-5;1-2/h26-31H,5-25H2,1-4H3;3*5H,1-4H2;1-2H3/t26-,27?,28+,29?,30?,31?,33+;;;;/m1..../s1. The number of carbonyl (C=O) groups excluding carboxylic acids is 1. The van der Waals surface area contributed by atoms with Crippen LogP contribution in [0.2, 0.25) is 0 Å². The molecule has 1 amide bonds. The second kappa shape index (κ2) is 36.8. The van der Waals surface area contributed by atoms with E-state index in [9.17, 15) is 4.79 Å². The summed E-state index contributed by atoms with van der Waals surface area (Å²) < 4.78 is 15.1. The first-order valence-electron chi connectivity index (χ1n) is 22.5. The molecular weight excluding hydrogens is 668 g/mol. The SMILES string of the molecule is CC.CCCCCN(CCCCC)C(=O)CCC[C@H](F)CCC1C2CCC3CCCC[C@]3(C)C2CC[C@H]1C.NCCCO.NCCCO.NCCCO. The Labute approximate surface area is 328 Å². The number of nitrogens with zero attached hydrogens (tertiary/aromatic N) is 1. The normalized spacial score (nSPS) is 24.9. The summed E-state index contributed by atoms with van der Waals surface area (Å²) >= 11 is 0. The highest BCUT2D eigenvalue weighted by Gasteiger charge is 2.52. The largest absolute Gasteiger partial charge is 0.396 e. The molecule has 0 aromatic carbocycles. The number of unbranched alkanes of at least 4 members (excludes halogenated alkanes) is 4. The quantitative estimate of drug-likeness (QED) is 0.0638. The minimum absolute atomic E-state index is 0.219. The number of aliphatic hydroxyl groups excluding tert-OH is 3. The molecule has 3 fully saturated rings. The Hall–Kier alpha value is -0.840.